The molecule has 0 radical (unpaired) electrons. The molecule has 3 unspecified atom stereocenters. The lowest BCUT2D eigenvalue weighted by atomic mass is 10.0. The van der Waals surface area contributed by atoms with E-state index in [9.17, 15) is 4.79 Å². The van der Waals surface area contributed by atoms with Crippen molar-refractivity contribution < 1.29 is 9.53 Å². The van der Waals surface area contributed by atoms with Gasteiger partial charge < -0.3 is 9.64 Å². The molecule has 1 aliphatic carbocycles. The van der Waals surface area contributed by atoms with Crippen molar-refractivity contribution in [3.05, 3.63) is 45.7 Å². The van der Waals surface area contributed by atoms with Crippen molar-refractivity contribution in [2.24, 2.45) is 4.99 Å². The molecule has 5 heteroatoms. The number of amidine groups is 1. The first-order valence-electron chi connectivity index (χ1n) is 7.14. The number of nitrogens with zero attached hydrogens (tertiary/aromatic N) is 2. The van der Waals surface area contributed by atoms with Crippen LogP contribution in [0.2, 0.25) is 0 Å². The van der Waals surface area contributed by atoms with E-state index in [4.69, 9.17) is 9.73 Å². The van der Waals surface area contributed by atoms with Gasteiger partial charge in [0.15, 0.2) is 6.29 Å². The summed E-state index contributed by atoms with van der Waals surface area (Å²) < 4.78 is 5.99. The Morgan fingerprint density at radius 1 is 1.43 bits per heavy atom. The predicted octanol–water partition coefficient (Wildman–Crippen LogP) is 2.52. The third-order valence-corrected chi connectivity index (χ3v) is 5.23. The minimum Gasteiger partial charge on any atom is -0.364 e. The zero-order valence-electron chi connectivity index (χ0n) is 11.7. The normalized spacial score (nSPS) is 30.0. The van der Waals surface area contributed by atoms with Gasteiger partial charge in [0.05, 0.1) is 23.6 Å². The zero-order valence-corrected chi connectivity index (χ0v) is 12.5. The summed E-state index contributed by atoms with van der Waals surface area (Å²) >= 11 is 1.52. The lowest BCUT2D eigenvalue weighted by Crippen LogP contribution is -2.46. The number of rotatable bonds is 2. The van der Waals surface area contributed by atoms with Crippen molar-refractivity contribution in [3.63, 3.8) is 0 Å². The van der Waals surface area contributed by atoms with E-state index in [-0.39, 0.29) is 12.1 Å². The number of aryl methyl sites for hydroxylation is 1. The molecular formula is C16H16N2O2S. The minimum absolute atomic E-state index is 0.143. The Hall–Kier alpha value is -1.72. The molecule has 1 aromatic rings. The third-order valence-electron chi connectivity index (χ3n) is 4.24. The first-order chi connectivity index (χ1) is 10.3. The fourth-order valence-corrected chi connectivity index (χ4v) is 4.13. The predicted molar refractivity (Wildman–Crippen MR) is 83.1 cm³/mol. The van der Waals surface area contributed by atoms with E-state index in [2.05, 4.69) is 29.2 Å². The zero-order chi connectivity index (χ0) is 14.4. The number of aliphatic imine (C=N–C) groups is 1. The highest BCUT2D eigenvalue weighted by Gasteiger charge is 2.41. The van der Waals surface area contributed by atoms with E-state index in [0.717, 1.165) is 34.0 Å². The summed E-state index contributed by atoms with van der Waals surface area (Å²) in [6, 6.07) is 2.46. The number of hydrogen-bond donors (Lipinski definition) is 0. The molecule has 4 nitrogen and oxygen atoms in total. The number of carbonyl (C=O) groups is 1. The van der Waals surface area contributed by atoms with Crippen LogP contribution in [-0.4, -0.2) is 42.3 Å². The van der Waals surface area contributed by atoms with Gasteiger partial charge >= 0.3 is 0 Å². The fraction of sp³-hybridized carbons (Fsp3) is 0.375. The minimum atomic E-state index is -0.143. The Labute approximate surface area is 127 Å². The molecule has 0 saturated carbocycles. The maximum Gasteiger partial charge on any atom is 0.160 e. The van der Waals surface area contributed by atoms with Crippen molar-refractivity contribution in [2.75, 3.05) is 13.2 Å². The number of ether oxygens (including phenoxy) is 1. The van der Waals surface area contributed by atoms with E-state index >= 15 is 0 Å². The highest BCUT2D eigenvalue weighted by atomic mass is 32.1. The van der Waals surface area contributed by atoms with Gasteiger partial charge in [0, 0.05) is 17.0 Å². The van der Waals surface area contributed by atoms with E-state index < -0.39 is 0 Å². The smallest absolute Gasteiger partial charge is 0.160 e. The van der Waals surface area contributed by atoms with Crippen molar-refractivity contribution >= 4 is 23.5 Å². The highest BCUT2D eigenvalue weighted by Crippen LogP contribution is 2.36. The molecule has 1 aromatic heterocycles. The van der Waals surface area contributed by atoms with Crippen LogP contribution >= 0.6 is 11.3 Å². The number of aldehydes is 1. The van der Waals surface area contributed by atoms with Gasteiger partial charge in [-0.05, 0) is 13.0 Å². The summed E-state index contributed by atoms with van der Waals surface area (Å²) in [6.07, 6.45) is 9.26. The molecule has 1 fully saturated rings. The van der Waals surface area contributed by atoms with Gasteiger partial charge in [-0.3, -0.25) is 9.79 Å². The number of morpholine rings is 1. The molecule has 0 N–H and O–H groups in total. The quantitative estimate of drug-likeness (QED) is 0.788. The summed E-state index contributed by atoms with van der Waals surface area (Å²) in [5, 5.41) is 0. The largest absolute Gasteiger partial charge is 0.364 e. The van der Waals surface area contributed by atoms with Crippen molar-refractivity contribution in [3.8, 4) is 0 Å². The second-order valence-electron chi connectivity index (χ2n) is 5.46. The molecule has 0 bridgehead atoms. The van der Waals surface area contributed by atoms with Crippen molar-refractivity contribution in [2.45, 2.75) is 25.1 Å². The number of carbonyl (C=O) groups excluding carboxylic acids is 1. The van der Waals surface area contributed by atoms with Gasteiger partial charge in [0.25, 0.3) is 0 Å². The Kier molecular flexibility index (Phi) is 3.05. The Balaban J connectivity index is 1.73. The van der Waals surface area contributed by atoms with Crippen LogP contribution in [0.15, 0.2) is 35.4 Å². The summed E-state index contributed by atoms with van der Waals surface area (Å²) in [5.74, 6) is 1.01. The molecule has 0 amide bonds. The maximum atomic E-state index is 11.0. The van der Waals surface area contributed by atoms with Crippen LogP contribution in [0.25, 0.3) is 0 Å². The van der Waals surface area contributed by atoms with Crippen LogP contribution in [0.3, 0.4) is 0 Å². The molecule has 0 aromatic carbocycles. The standard InChI is InChI=1S/C16H16N2O2S/c1-10-12(8-11(9-19)21-10)15-16-17-13-4-2-3-5-14(13)18(16)6-7-20-15/h2-5,8-9,13-15H,6-7H2,1H3. The van der Waals surface area contributed by atoms with Crippen LogP contribution < -0.4 is 0 Å². The lowest BCUT2D eigenvalue weighted by molar-refractivity contribution is 0.0495. The number of thiophene rings is 1. The van der Waals surface area contributed by atoms with E-state index in [1.807, 2.05) is 13.0 Å². The summed E-state index contributed by atoms with van der Waals surface area (Å²) in [7, 11) is 0. The monoisotopic (exact) mass is 300 g/mol. The van der Waals surface area contributed by atoms with Gasteiger partial charge in [-0.1, -0.05) is 24.3 Å². The summed E-state index contributed by atoms with van der Waals surface area (Å²) in [5.41, 5.74) is 1.08. The van der Waals surface area contributed by atoms with Crippen LogP contribution in [0, 0.1) is 6.92 Å². The molecule has 3 atom stereocenters. The molecule has 0 spiro atoms. The highest BCUT2D eigenvalue weighted by molar-refractivity contribution is 7.13. The van der Waals surface area contributed by atoms with Crippen LogP contribution in [0.5, 0.6) is 0 Å². The first-order valence-corrected chi connectivity index (χ1v) is 7.96. The van der Waals surface area contributed by atoms with Gasteiger partial charge in [-0.15, -0.1) is 11.3 Å². The Morgan fingerprint density at radius 2 is 2.29 bits per heavy atom. The Morgan fingerprint density at radius 3 is 3.10 bits per heavy atom. The van der Waals surface area contributed by atoms with Gasteiger partial charge in [-0.25, -0.2) is 0 Å². The van der Waals surface area contributed by atoms with Crippen LogP contribution in [-0.2, 0) is 4.74 Å². The first kappa shape index (κ1) is 13.0. The van der Waals surface area contributed by atoms with E-state index in [1.54, 1.807) is 0 Å². The topological polar surface area (TPSA) is 41.9 Å². The number of hydrogen-bond acceptors (Lipinski definition) is 5. The van der Waals surface area contributed by atoms with Gasteiger partial charge in [-0.2, -0.15) is 0 Å². The van der Waals surface area contributed by atoms with Crippen LogP contribution in [0.1, 0.15) is 26.2 Å². The second-order valence-corrected chi connectivity index (χ2v) is 6.75. The lowest BCUT2D eigenvalue weighted by Gasteiger charge is -2.36. The van der Waals surface area contributed by atoms with Crippen molar-refractivity contribution in [1.29, 1.82) is 0 Å². The maximum absolute atomic E-state index is 11.0. The Bertz CT molecular complexity index is 674. The summed E-state index contributed by atoms with van der Waals surface area (Å²) in [6.45, 7) is 3.60. The van der Waals surface area contributed by atoms with Crippen molar-refractivity contribution in [1.82, 2.24) is 4.90 Å². The van der Waals surface area contributed by atoms with E-state index in [0.29, 0.717) is 12.6 Å². The third kappa shape index (κ3) is 2.00. The van der Waals surface area contributed by atoms with Gasteiger partial charge in [0.1, 0.15) is 11.9 Å². The number of allylic oxidation sites excluding steroid dienone is 2. The second kappa shape index (κ2) is 4.93. The molecule has 1 saturated heterocycles. The fourth-order valence-electron chi connectivity index (χ4n) is 3.26. The molecule has 3 heterocycles. The SMILES string of the molecule is Cc1sc(C=O)cc1C1OCCN2C1=NC1C=CC=CC12. The molecule has 3 aliphatic rings. The molecule has 108 valence electrons. The van der Waals surface area contributed by atoms with Crippen LogP contribution in [0.4, 0.5) is 0 Å². The number of fused-ring (bicyclic) bond motifs is 3. The summed E-state index contributed by atoms with van der Waals surface area (Å²) in [4.78, 5) is 20.1. The van der Waals surface area contributed by atoms with Gasteiger partial charge in [0.2, 0.25) is 0 Å². The average molecular weight is 300 g/mol. The molecule has 21 heavy (non-hydrogen) atoms. The molecular weight excluding hydrogens is 284 g/mol. The van der Waals surface area contributed by atoms with E-state index in [1.165, 1.54) is 11.3 Å². The molecule has 4 rings (SSSR count). The average Bonchev–Trinajstić information content (AvgIpc) is 3.07. The molecule has 2 aliphatic heterocycles.